The molecule has 0 aliphatic carbocycles. The summed E-state index contributed by atoms with van der Waals surface area (Å²) in [5.74, 6) is 0.984. The fourth-order valence-electron chi connectivity index (χ4n) is 6.72. The molecule has 0 spiro atoms. The summed E-state index contributed by atoms with van der Waals surface area (Å²) in [4.78, 5) is 0. The van der Waals surface area contributed by atoms with E-state index >= 15 is 0 Å². The lowest BCUT2D eigenvalue weighted by Crippen LogP contribution is -2.21. The highest BCUT2D eigenvalue weighted by atomic mass is 14.3. The Morgan fingerprint density at radius 3 is 1.03 bits per heavy atom. The second kappa shape index (κ2) is 29.0. The molecule has 0 fully saturated rings. The van der Waals surface area contributed by atoms with E-state index in [4.69, 9.17) is 0 Å². The molecule has 0 aliphatic heterocycles. The Morgan fingerprint density at radius 2 is 0.676 bits per heavy atom. The fourth-order valence-corrected chi connectivity index (χ4v) is 6.72. The Labute approximate surface area is 238 Å². The summed E-state index contributed by atoms with van der Waals surface area (Å²) in [6, 6.07) is 0. The van der Waals surface area contributed by atoms with Gasteiger partial charge < -0.3 is 0 Å². The summed E-state index contributed by atoms with van der Waals surface area (Å²) in [6.45, 7) is 12.1. The van der Waals surface area contributed by atoms with Crippen LogP contribution in [0.2, 0.25) is 0 Å². The lowest BCUT2D eigenvalue weighted by molar-refractivity contribution is 0.177. The molecular weight excluding hydrogens is 444 g/mol. The summed E-state index contributed by atoms with van der Waals surface area (Å²) in [7, 11) is 0. The van der Waals surface area contributed by atoms with Gasteiger partial charge in [0.1, 0.15) is 0 Å². The van der Waals surface area contributed by atoms with Crippen LogP contribution in [0.15, 0.2) is 0 Å². The van der Waals surface area contributed by atoms with Crippen LogP contribution in [0.1, 0.15) is 227 Å². The van der Waals surface area contributed by atoms with Crippen molar-refractivity contribution < 1.29 is 0 Å². The van der Waals surface area contributed by atoms with Gasteiger partial charge in [0.15, 0.2) is 0 Å². The van der Waals surface area contributed by atoms with Crippen LogP contribution in [0.25, 0.3) is 0 Å². The van der Waals surface area contributed by atoms with Gasteiger partial charge in [0, 0.05) is 0 Å². The SMILES string of the molecule is CCCCCCCCCCC(CCC)CC(C)(CCCCCCCCCC)CCCCCCCCCC. The molecular formula is C37H76. The molecule has 0 heteroatoms. The first kappa shape index (κ1) is 37.0. The first-order chi connectivity index (χ1) is 18.1. The molecule has 0 radical (unpaired) electrons. The van der Waals surface area contributed by atoms with Crippen LogP contribution in [0, 0.1) is 11.3 Å². The molecule has 0 bridgehead atoms. The number of rotatable bonds is 31. The molecule has 37 heavy (non-hydrogen) atoms. The summed E-state index contributed by atoms with van der Waals surface area (Å²) >= 11 is 0. The third kappa shape index (κ3) is 26.0. The topological polar surface area (TPSA) is 0 Å². The molecule has 0 heterocycles. The minimum Gasteiger partial charge on any atom is -0.0654 e. The molecule has 1 unspecified atom stereocenters. The number of unbranched alkanes of at least 4 members (excludes halogenated alkanes) is 21. The van der Waals surface area contributed by atoms with Gasteiger partial charge in [0.2, 0.25) is 0 Å². The van der Waals surface area contributed by atoms with Crippen molar-refractivity contribution in [2.75, 3.05) is 0 Å². The monoisotopic (exact) mass is 521 g/mol. The molecule has 0 aliphatic rings. The molecule has 0 aromatic carbocycles. The van der Waals surface area contributed by atoms with E-state index in [1.54, 1.807) is 0 Å². The van der Waals surface area contributed by atoms with E-state index in [-0.39, 0.29) is 0 Å². The van der Waals surface area contributed by atoms with Crippen molar-refractivity contribution in [2.45, 2.75) is 227 Å². The van der Waals surface area contributed by atoms with Gasteiger partial charge in [-0.05, 0) is 30.6 Å². The van der Waals surface area contributed by atoms with Crippen molar-refractivity contribution in [3.8, 4) is 0 Å². The van der Waals surface area contributed by atoms with Crippen LogP contribution in [0.3, 0.4) is 0 Å². The fraction of sp³-hybridized carbons (Fsp3) is 1.00. The standard InChI is InChI=1S/C37H76/c1-6-10-13-16-19-22-25-28-32-36(31-9-4)35-37(5,33-29-26-23-20-17-14-11-7-2)34-30-27-24-21-18-15-12-8-3/h36H,6-35H2,1-5H3. The van der Waals surface area contributed by atoms with Gasteiger partial charge in [-0.15, -0.1) is 0 Å². The predicted molar refractivity (Wildman–Crippen MR) is 173 cm³/mol. The summed E-state index contributed by atoms with van der Waals surface area (Å²) in [5.41, 5.74) is 0.602. The smallest absolute Gasteiger partial charge is 0.0323 e. The maximum absolute atomic E-state index is 2.70. The van der Waals surface area contributed by atoms with Crippen molar-refractivity contribution in [3.05, 3.63) is 0 Å². The van der Waals surface area contributed by atoms with Crippen LogP contribution in [0.5, 0.6) is 0 Å². The van der Waals surface area contributed by atoms with Crippen molar-refractivity contribution in [3.63, 3.8) is 0 Å². The van der Waals surface area contributed by atoms with Gasteiger partial charge in [0.25, 0.3) is 0 Å². The molecule has 0 rings (SSSR count). The van der Waals surface area contributed by atoms with Gasteiger partial charge in [0.05, 0.1) is 0 Å². The normalized spacial score (nSPS) is 12.9. The van der Waals surface area contributed by atoms with Crippen molar-refractivity contribution in [1.82, 2.24) is 0 Å². The van der Waals surface area contributed by atoms with Crippen molar-refractivity contribution in [1.29, 1.82) is 0 Å². The van der Waals surface area contributed by atoms with Gasteiger partial charge in [-0.3, -0.25) is 0 Å². The van der Waals surface area contributed by atoms with E-state index in [1.165, 1.54) is 193 Å². The molecule has 1 atom stereocenters. The van der Waals surface area contributed by atoms with E-state index in [9.17, 15) is 0 Å². The minimum absolute atomic E-state index is 0.602. The Bertz CT molecular complexity index is 390. The van der Waals surface area contributed by atoms with Crippen LogP contribution in [-0.4, -0.2) is 0 Å². The third-order valence-electron chi connectivity index (χ3n) is 9.21. The zero-order valence-corrected chi connectivity index (χ0v) is 27.3. The average molecular weight is 521 g/mol. The van der Waals surface area contributed by atoms with Crippen molar-refractivity contribution >= 4 is 0 Å². The minimum atomic E-state index is 0.602. The largest absolute Gasteiger partial charge is 0.0654 e. The highest BCUT2D eigenvalue weighted by Gasteiger charge is 2.27. The van der Waals surface area contributed by atoms with Gasteiger partial charge in [-0.2, -0.15) is 0 Å². The maximum atomic E-state index is 2.70. The second-order valence-electron chi connectivity index (χ2n) is 13.4. The summed E-state index contributed by atoms with van der Waals surface area (Å²) < 4.78 is 0. The summed E-state index contributed by atoms with van der Waals surface area (Å²) in [5, 5.41) is 0. The Kier molecular flexibility index (Phi) is 29.0. The van der Waals surface area contributed by atoms with E-state index in [0.717, 1.165) is 5.92 Å². The molecule has 0 aromatic rings. The van der Waals surface area contributed by atoms with Crippen LogP contribution in [0.4, 0.5) is 0 Å². The Morgan fingerprint density at radius 1 is 0.351 bits per heavy atom. The Hall–Kier alpha value is 0. The van der Waals surface area contributed by atoms with E-state index in [2.05, 4.69) is 34.6 Å². The second-order valence-corrected chi connectivity index (χ2v) is 13.4. The van der Waals surface area contributed by atoms with Gasteiger partial charge in [-0.25, -0.2) is 0 Å². The zero-order valence-electron chi connectivity index (χ0n) is 27.3. The van der Waals surface area contributed by atoms with Gasteiger partial charge >= 0.3 is 0 Å². The lowest BCUT2D eigenvalue weighted by atomic mass is 9.71. The van der Waals surface area contributed by atoms with E-state index in [0.29, 0.717) is 5.41 Å². The quantitative estimate of drug-likeness (QED) is 0.0797. The molecule has 0 saturated carbocycles. The van der Waals surface area contributed by atoms with Crippen LogP contribution < -0.4 is 0 Å². The third-order valence-corrected chi connectivity index (χ3v) is 9.21. The number of hydrogen-bond donors (Lipinski definition) is 0. The predicted octanol–water partition coefficient (Wildman–Crippen LogP) is 14.4. The molecule has 0 saturated heterocycles. The van der Waals surface area contributed by atoms with Crippen LogP contribution in [-0.2, 0) is 0 Å². The number of hydrogen-bond acceptors (Lipinski definition) is 0. The molecule has 0 aromatic heterocycles. The van der Waals surface area contributed by atoms with Crippen LogP contribution >= 0.6 is 0 Å². The molecule has 0 N–H and O–H groups in total. The first-order valence-electron chi connectivity index (χ1n) is 18.1. The Balaban J connectivity index is 4.50. The maximum Gasteiger partial charge on any atom is -0.0323 e. The molecule has 0 nitrogen and oxygen atoms in total. The zero-order chi connectivity index (χ0) is 27.3. The molecule has 0 amide bonds. The lowest BCUT2D eigenvalue weighted by Gasteiger charge is -2.34. The van der Waals surface area contributed by atoms with Crippen molar-refractivity contribution in [2.24, 2.45) is 11.3 Å². The van der Waals surface area contributed by atoms with E-state index in [1.807, 2.05) is 0 Å². The highest BCUT2D eigenvalue weighted by Crippen LogP contribution is 2.40. The van der Waals surface area contributed by atoms with E-state index < -0.39 is 0 Å². The van der Waals surface area contributed by atoms with Gasteiger partial charge in [-0.1, -0.05) is 208 Å². The highest BCUT2D eigenvalue weighted by molar-refractivity contribution is 4.79. The first-order valence-corrected chi connectivity index (χ1v) is 18.1. The average Bonchev–Trinajstić information content (AvgIpc) is 2.89. The summed E-state index contributed by atoms with van der Waals surface area (Å²) in [6.07, 6.45) is 43.9. The molecule has 224 valence electrons.